The van der Waals surface area contributed by atoms with Crippen molar-refractivity contribution in [3.63, 3.8) is 0 Å². The Balaban J connectivity index is 2.48. The third-order valence-corrected chi connectivity index (χ3v) is 0.220. The quantitative estimate of drug-likeness (QED) is 0.391. The highest BCUT2D eigenvalue weighted by molar-refractivity contribution is 4.39. The van der Waals surface area contributed by atoms with Crippen molar-refractivity contribution in [2.75, 3.05) is 6.67 Å². The van der Waals surface area contributed by atoms with E-state index in [9.17, 15) is 0 Å². The van der Waals surface area contributed by atoms with Crippen molar-refractivity contribution in [2.45, 2.75) is 0 Å². The van der Waals surface area contributed by atoms with E-state index in [1.807, 2.05) is 0 Å². The summed E-state index contributed by atoms with van der Waals surface area (Å²) < 4.78 is 0. The van der Waals surface area contributed by atoms with E-state index in [1.165, 1.54) is 0 Å². The summed E-state index contributed by atoms with van der Waals surface area (Å²) in [5, 5.41) is 1.58. The minimum absolute atomic E-state index is 0.444. The third-order valence-electron chi connectivity index (χ3n) is 0.220. The molecule has 0 saturated heterocycles. The molecule has 0 fully saturated rings. The molecule has 0 aliphatic heterocycles. The van der Waals surface area contributed by atoms with Crippen LogP contribution in [0, 0.1) is 13.6 Å². The van der Waals surface area contributed by atoms with Crippen molar-refractivity contribution in [3.8, 4) is 0 Å². The summed E-state index contributed by atoms with van der Waals surface area (Å²) in [6.45, 7) is 6.60. The molecule has 2 N–H and O–H groups in total. The molecule has 2 nitrogen and oxygen atoms in total. The summed E-state index contributed by atoms with van der Waals surface area (Å²) in [7, 11) is 3.34. The van der Waals surface area contributed by atoms with Gasteiger partial charge in [-0.1, -0.05) is 0 Å². The highest BCUT2D eigenvalue weighted by Gasteiger charge is 1.60. The number of rotatable bonds is 1. The first kappa shape index (κ1) is 4.45. The van der Waals surface area contributed by atoms with E-state index in [-0.39, 0.29) is 0 Å². The van der Waals surface area contributed by atoms with Crippen LogP contribution < -0.4 is 5.32 Å². The monoisotopic (exact) mass is 70.1 g/mol. The Morgan fingerprint density at radius 3 is 2.60 bits per heavy atom. The minimum atomic E-state index is 0.444. The maximum Gasteiger partial charge on any atom is 0.313 e. The van der Waals surface area contributed by atoms with Crippen molar-refractivity contribution in [1.82, 2.24) is 0 Å². The van der Waals surface area contributed by atoms with Crippen LogP contribution in [0.15, 0.2) is 0 Å². The first-order valence-electron chi connectivity index (χ1n) is 1.36. The molecule has 2 heteroatoms. The van der Waals surface area contributed by atoms with Crippen molar-refractivity contribution in [3.05, 3.63) is 18.5 Å². The normalized spacial score (nSPS) is 6.40. The van der Waals surface area contributed by atoms with Crippen LogP contribution in [0.2, 0.25) is 0 Å². The largest absolute Gasteiger partial charge is 0.411 e. The number of quaternary nitrogens is 1. The lowest BCUT2D eigenvalue weighted by Crippen LogP contribution is -2.75. The molecule has 0 aromatic heterocycles. The van der Waals surface area contributed by atoms with Crippen LogP contribution in [0.3, 0.4) is 0 Å². The lowest BCUT2D eigenvalue weighted by Gasteiger charge is -1.78. The fraction of sp³-hybridized carbons (Fsp3) is 0.333. The van der Waals surface area contributed by atoms with E-state index in [4.69, 9.17) is 6.57 Å². The second kappa shape index (κ2) is 3.45. The molecule has 0 aliphatic carbocycles. The summed E-state index contributed by atoms with van der Waals surface area (Å²) in [4.78, 5) is 2.99. The summed E-state index contributed by atoms with van der Waals surface area (Å²) in [6, 6.07) is 0. The van der Waals surface area contributed by atoms with Gasteiger partial charge < -0.3 is 5.32 Å². The number of hydrogen-bond acceptors (Lipinski definition) is 0. The highest BCUT2D eigenvalue weighted by atomic mass is 14.9. The second-order valence-electron chi connectivity index (χ2n) is 0.629. The molecule has 0 amide bonds. The molecule has 0 aromatic rings. The highest BCUT2D eigenvalue weighted by Crippen LogP contribution is 1.38. The topological polar surface area (TPSA) is 21.0 Å². The van der Waals surface area contributed by atoms with Gasteiger partial charge in [0.05, 0.1) is 0 Å². The van der Waals surface area contributed by atoms with E-state index in [0.29, 0.717) is 6.67 Å². The molecule has 0 atom stereocenters. The smallest absolute Gasteiger partial charge is 0.313 e. The lowest BCUT2D eigenvalue weighted by molar-refractivity contribution is -0.586. The zero-order valence-electron chi connectivity index (χ0n) is 2.94. The van der Waals surface area contributed by atoms with Gasteiger partial charge in [0.15, 0.2) is 0 Å². The van der Waals surface area contributed by atoms with Gasteiger partial charge in [-0.3, -0.25) is 4.85 Å². The molecule has 0 aliphatic rings. The van der Waals surface area contributed by atoms with Crippen molar-refractivity contribution in [1.29, 1.82) is 0 Å². The van der Waals surface area contributed by atoms with Crippen LogP contribution in [0.25, 0.3) is 4.85 Å². The van der Waals surface area contributed by atoms with Gasteiger partial charge in [-0.15, -0.1) is 7.05 Å². The van der Waals surface area contributed by atoms with Crippen LogP contribution in [0.4, 0.5) is 0 Å². The van der Waals surface area contributed by atoms with Gasteiger partial charge in [0.25, 0.3) is 0 Å². The van der Waals surface area contributed by atoms with E-state index in [1.54, 1.807) is 5.32 Å². The molecule has 0 heterocycles. The predicted octanol–water partition coefficient (Wildman–Crippen LogP) is -0.782. The molecule has 28 valence electrons. The number of hydrogen-bond donors (Lipinski definition) is 1. The average molecular weight is 70.1 g/mol. The van der Waals surface area contributed by atoms with E-state index >= 15 is 0 Å². The number of nitrogens with zero attached hydrogens (tertiary/aromatic N) is 1. The zero-order chi connectivity index (χ0) is 4.12. The van der Waals surface area contributed by atoms with E-state index in [0.717, 1.165) is 0 Å². The Morgan fingerprint density at radius 2 is 2.60 bits per heavy atom. The van der Waals surface area contributed by atoms with Gasteiger partial charge in [0.2, 0.25) is 0 Å². The van der Waals surface area contributed by atoms with Crippen molar-refractivity contribution in [2.24, 2.45) is 0 Å². The van der Waals surface area contributed by atoms with Gasteiger partial charge in [0.1, 0.15) is 0 Å². The fourth-order valence-corrected chi connectivity index (χ4v) is 0.0645. The fourth-order valence-electron chi connectivity index (χ4n) is 0.0645. The van der Waals surface area contributed by atoms with E-state index < -0.39 is 0 Å². The van der Waals surface area contributed by atoms with Gasteiger partial charge in [-0.25, -0.2) is 6.57 Å². The van der Waals surface area contributed by atoms with Crippen LogP contribution >= 0.6 is 0 Å². The van der Waals surface area contributed by atoms with Crippen LogP contribution in [-0.4, -0.2) is 6.67 Å². The molecule has 0 aromatic carbocycles. The molecule has 5 heavy (non-hydrogen) atoms. The van der Waals surface area contributed by atoms with Crippen molar-refractivity contribution < 1.29 is 5.32 Å². The standard InChI is InChI=1S/C3H6N2/c1-4-3-5-2/h1,3-4H2. The molecular formula is C3H6N2. The third kappa shape index (κ3) is 3.45. The second-order valence-corrected chi connectivity index (χ2v) is 0.629. The predicted molar refractivity (Wildman–Crippen MR) is 18.8 cm³/mol. The first-order chi connectivity index (χ1) is 2.41. The molecule has 0 unspecified atom stereocenters. The number of nitrogens with two attached hydrogens (primary N) is 1. The summed E-state index contributed by atoms with van der Waals surface area (Å²) in [6.07, 6.45) is 0. The molecule has 0 bridgehead atoms. The van der Waals surface area contributed by atoms with Crippen LogP contribution in [0.5, 0.6) is 0 Å². The first-order valence-corrected chi connectivity index (χ1v) is 1.36. The Hall–Kier alpha value is -0.550. The Labute approximate surface area is 31.6 Å². The zero-order valence-corrected chi connectivity index (χ0v) is 2.94. The minimum Gasteiger partial charge on any atom is -0.411 e. The van der Waals surface area contributed by atoms with Crippen molar-refractivity contribution >= 4 is 0 Å². The van der Waals surface area contributed by atoms with Gasteiger partial charge >= 0.3 is 6.67 Å². The Morgan fingerprint density at radius 1 is 2.00 bits per heavy atom. The van der Waals surface area contributed by atoms with Gasteiger partial charge in [-0.05, 0) is 0 Å². The molecule has 0 rings (SSSR count). The molecule has 0 spiro atoms. The van der Waals surface area contributed by atoms with Gasteiger partial charge in [-0.2, -0.15) is 0 Å². The maximum atomic E-state index is 6.16. The maximum absolute atomic E-state index is 6.16. The van der Waals surface area contributed by atoms with Crippen LogP contribution in [-0.2, 0) is 0 Å². The van der Waals surface area contributed by atoms with Gasteiger partial charge in [0, 0.05) is 0 Å². The average Bonchev–Trinajstić information content (AvgIpc) is 1.41. The van der Waals surface area contributed by atoms with E-state index in [2.05, 4.69) is 11.9 Å². The summed E-state index contributed by atoms with van der Waals surface area (Å²) in [5.74, 6) is 0. The Bertz CT molecular complexity index is 43.3. The summed E-state index contributed by atoms with van der Waals surface area (Å²) in [5.41, 5.74) is 0. The SMILES string of the molecule is [C-]#[N+]C[NH2+][CH2-]. The molecule has 0 radical (unpaired) electrons. The Kier molecular flexibility index (Phi) is 3.07. The lowest BCUT2D eigenvalue weighted by atomic mass is 11.1. The summed E-state index contributed by atoms with van der Waals surface area (Å²) >= 11 is 0. The van der Waals surface area contributed by atoms with Crippen LogP contribution in [0.1, 0.15) is 0 Å². The molecule has 0 saturated carbocycles. The molecular weight excluding hydrogens is 64.0 g/mol.